The summed E-state index contributed by atoms with van der Waals surface area (Å²) < 4.78 is 27.1. The minimum atomic E-state index is -3.67. The van der Waals surface area contributed by atoms with E-state index in [4.69, 9.17) is 0 Å². The van der Waals surface area contributed by atoms with Crippen LogP contribution in [0.3, 0.4) is 0 Å². The molecule has 2 aromatic rings. The van der Waals surface area contributed by atoms with Crippen LogP contribution in [0.25, 0.3) is 0 Å². The Morgan fingerprint density at radius 2 is 2.00 bits per heavy atom. The highest BCUT2D eigenvalue weighted by Gasteiger charge is 2.39. The summed E-state index contributed by atoms with van der Waals surface area (Å²) in [5.41, 5.74) is 1.89. The molecule has 0 bridgehead atoms. The van der Waals surface area contributed by atoms with Crippen molar-refractivity contribution in [3.63, 3.8) is 0 Å². The molecule has 0 saturated carbocycles. The average Bonchev–Trinajstić information content (AvgIpc) is 3.14. The number of nitrogens with one attached hydrogen (secondary N) is 1. The lowest BCUT2D eigenvalue weighted by molar-refractivity contribution is -0.124. The summed E-state index contributed by atoms with van der Waals surface area (Å²) in [5.74, 6) is -0.242. The van der Waals surface area contributed by atoms with Crippen LogP contribution in [-0.2, 0) is 21.2 Å². The maximum atomic E-state index is 12.9. The molecule has 1 amide bonds. The third kappa shape index (κ3) is 4.11. The van der Waals surface area contributed by atoms with Gasteiger partial charge in [0.1, 0.15) is 6.04 Å². The highest BCUT2D eigenvalue weighted by atomic mass is 32.2. The lowest BCUT2D eigenvalue weighted by atomic mass is 10.2. The number of aromatic nitrogens is 1. The zero-order valence-electron chi connectivity index (χ0n) is 14.8. The Kier molecular flexibility index (Phi) is 5.68. The van der Waals surface area contributed by atoms with Crippen LogP contribution in [0.1, 0.15) is 24.1 Å². The van der Waals surface area contributed by atoms with E-state index < -0.39 is 16.1 Å². The van der Waals surface area contributed by atoms with E-state index in [1.807, 2.05) is 25.1 Å². The number of aryl methyl sites for hydroxylation is 1. The number of hydrogen-bond donors (Lipinski definition) is 1. The van der Waals surface area contributed by atoms with Crippen molar-refractivity contribution >= 4 is 15.9 Å². The predicted molar refractivity (Wildman–Crippen MR) is 99.0 cm³/mol. The van der Waals surface area contributed by atoms with Crippen LogP contribution in [0, 0.1) is 6.92 Å². The second-order valence-electron chi connectivity index (χ2n) is 6.45. The van der Waals surface area contributed by atoms with Crippen molar-refractivity contribution in [2.75, 3.05) is 13.1 Å². The number of carbonyl (C=O) groups is 1. The first kappa shape index (κ1) is 18.5. The monoisotopic (exact) mass is 373 g/mol. The highest BCUT2D eigenvalue weighted by molar-refractivity contribution is 7.89. The second-order valence-corrected chi connectivity index (χ2v) is 8.34. The van der Waals surface area contributed by atoms with Crippen LogP contribution in [-0.4, -0.2) is 42.7 Å². The molecule has 6 nitrogen and oxygen atoms in total. The minimum absolute atomic E-state index is 0.233. The molecular weight excluding hydrogens is 350 g/mol. The molecule has 0 unspecified atom stereocenters. The maximum absolute atomic E-state index is 12.9. The number of pyridine rings is 1. The van der Waals surface area contributed by atoms with Gasteiger partial charge in [0, 0.05) is 31.4 Å². The average molecular weight is 373 g/mol. The molecule has 1 aliphatic heterocycles. The Hall–Kier alpha value is -2.25. The van der Waals surface area contributed by atoms with Crippen LogP contribution < -0.4 is 5.32 Å². The van der Waals surface area contributed by atoms with E-state index in [0.717, 1.165) is 11.3 Å². The molecule has 3 rings (SSSR count). The summed E-state index contributed by atoms with van der Waals surface area (Å²) in [6.45, 7) is 2.71. The molecule has 1 aliphatic rings. The van der Waals surface area contributed by atoms with Gasteiger partial charge in [-0.05, 0) is 44.0 Å². The van der Waals surface area contributed by atoms with Crippen molar-refractivity contribution in [1.29, 1.82) is 0 Å². The van der Waals surface area contributed by atoms with Crippen LogP contribution >= 0.6 is 0 Å². The summed E-state index contributed by atoms with van der Waals surface area (Å²) in [5, 5.41) is 2.85. The molecular formula is C19H23N3O3S. The number of rotatable bonds is 6. The molecule has 0 aliphatic carbocycles. The van der Waals surface area contributed by atoms with Gasteiger partial charge in [0.15, 0.2) is 0 Å². The normalized spacial score (nSPS) is 18.0. The Labute approximate surface area is 154 Å². The van der Waals surface area contributed by atoms with E-state index in [9.17, 15) is 13.2 Å². The van der Waals surface area contributed by atoms with Crippen LogP contribution in [0.15, 0.2) is 53.6 Å². The number of carbonyl (C=O) groups excluding carboxylic acids is 1. The molecule has 0 radical (unpaired) electrons. The minimum Gasteiger partial charge on any atom is -0.354 e. The highest BCUT2D eigenvalue weighted by Crippen LogP contribution is 2.26. The van der Waals surface area contributed by atoms with Gasteiger partial charge in [0.05, 0.1) is 4.90 Å². The van der Waals surface area contributed by atoms with Gasteiger partial charge in [-0.2, -0.15) is 4.31 Å². The maximum Gasteiger partial charge on any atom is 0.243 e. The molecule has 2 heterocycles. The smallest absolute Gasteiger partial charge is 0.243 e. The SMILES string of the molecule is Cc1ccc(S(=O)(=O)N2CCC[C@H]2C(=O)NCCc2ccccn2)cc1. The van der Waals surface area contributed by atoms with Crippen molar-refractivity contribution in [3.05, 3.63) is 59.9 Å². The number of nitrogens with zero attached hydrogens (tertiary/aromatic N) is 2. The molecule has 1 atom stereocenters. The van der Waals surface area contributed by atoms with E-state index in [0.29, 0.717) is 32.4 Å². The van der Waals surface area contributed by atoms with Crippen molar-refractivity contribution in [1.82, 2.24) is 14.6 Å². The number of hydrogen-bond acceptors (Lipinski definition) is 4. The first-order chi connectivity index (χ1) is 12.5. The molecule has 138 valence electrons. The predicted octanol–water partition coefficient (Wildman–Crippen LogP) is 1.90. The molecule has 26 heavy (non-hydrogen) atoms. The topological polar surface area (TPSA) is 79.4 Å². The molecule has 1 saturated heterocycles. The largest absolute Gasteiger partial charge is 0.354 e. The molecule has 7 heteroatoms. The van der Waals surface area contributed by atoms with Crippen LogP contribution in [0.5, 0.6) is 0 Å². The van der Waals surface area contributed by atoms with Gasteiger partial charge in [-0.25, -0.2) is 8.42 Å². The molecule has 1 aromatic carbocycles. The Bertz CT molecular complexity index is 851. The van der Waals surface area contributed by atoms with E-state index in [-0.39, 0.29) is 10.8 Å². The summed E-state index contributed by atoms with van der Waals surface area (Å²) in [7, 11) is -3.67. The number of amides is 1. The van der Waals surface area contributed by atoms with Gasteiger partial charge in [-0.3, -0.25) is 9.78 Å². The van der Waals surface area contributed by atoms with Gasteiger partial charge < -0.3 is 5.32 Å². The standard InChI is InChI=1S/C19H23N3O3S/c1-15-7-9-17(10-8-15)26(24,25)22-14-4-6-18(22)19(23)21-13-11-16-5-2-3-12-20-16/h2-3,5,7-10,12,18H,4,6,11,13-14H2,1H3,(H,21,23)/t18-/m0/s1. The first-order valence-electron chi connectivity index (χ1n) is 8.74. The summed E-state index contributed by atoms with van der Waals surface area (Å²) >= 11 is 0. The fourth-order valence-electron chi connectivity index (χ4n) is 3.11. The lowest BCUT2D eigenvalue weighted by Crippen LogP contribution is -2.46. The summed E-state index contributed by atoms with van der Waals surface area (Å²) in [4.78, 5) is 17.0. The molecule has 1 fully saturated rings. The van der Waals surface area contributed by atoms with E-state index in [1.165, 1.54) is 4.31 Å². The van der Waals surface area contributed by atoms with Gasteiger partial charge in [-0.15, -0.1) is 0 Å². The zero-order valence-corrected chi connectivity index (χ0v) is 15.6. The summed E-state index contributed by atoms with van der Waals surface area (Å²) in [6.07, 6.45) is 3.55. The van der Waals surface area contributed by atoms with E-state index >= 15 is 0 Å². The number of benzene rings is 1. The summed E-state index contributed by atoms with van der Waals surface area (Å²) in [6, 6.07) is 11.7. The van der Waals surface area contributed by atoms with E-state index in [1.54, 1.807) is 30.5 Å². The third-order valence-corrected chi connectivity index (χ3v) is 6.46. The lowest BCUT2D eigenvalue weighted by Gasteiger charge is -2.23. The van der Waals surface area contributed by atoms with Crippen LogP contribution in [0.4, 0.5) is 0 Å². The van der Waals surface area contributed by atoms with Crippen molar-refractivity contribution in [2.24, 2.45) is 0 Å². The van der Waals surface area contributed by atoms with Crippen molar-refractivity contribution in [2.45, 2.75) is 37.1 Å². The molecule has 1 aromatic heterocycles. The van der Waals surface area contributed by atoms with Gasteiger partial charge in [0.25, 0.3) is 0 Å². The zero-order chi connectivity index (χ0) is 18.6. The second kappa shape index (κ2) is 7.97. The quantitative estimate of drug-likeness (QED) is 0.839. The van der Waals surface area contributed by atoms with Gasteiger partial charge in [-0.1, -0.05) is 23.8 Å². The van der Waals surface area contributed by atoms with Crippen molar-refractivity contribution < 1.29 is 13.2 Å². The van der Waals surface area contributed by atoms with Crippen LogP contribution in [0.2, 0.25) is 0 Å². The van der Waals surface area contributed by atoms with Crippen molar-refractivity contribution in [3.8, 4) is 0 Å². The van der Waals surface area contributed by atoms with Gasteiger partial charge in [0.2, 0.25) is 15.9 Å². The Morgan fingerprint density at radius 3 is 2.69 bits per heavy atom. The Morgan fingerprint density at radius 1 is 1.23 bits per heavy atom. The Balaban J connectivity index is 1.65. The van der Waals surface area contributed by atoms with Gasteiger partial charge >= 0.3 is 0 Å². The molecule has 0 spiro atoms. The fourth-order valence-corrected chi connectivity index (χ4v) is 4.77. The first-order valence-corrected chi connectivity index (χ1v) is 10.2. The fraction of sp³-hybridized carbons (Fsp3) is 0.368. The van der Waals surface area contributed by atoms with E-state index in [2.05, 4.69) is 10.3 Å². The third-order valence-electron chi connectivity index (χ3n) is 4.54. The molecule has 1 N–H and O–H groups in total. The number of sulfonamides is 1.